The Hall–Kier alpha value is -2.13. The van der Waals surface area contributed by atoms with Gasteiger partial charge >= 0.3 is 5.97 Å². The molecule has 102 valence electrons. The van der Waals surface area contributed by atoms with E-state index in [2.05, 4.69) is 4.72 Å². The maximum atomic E-state index is 10.9. The first kappa shape index (κ1) is 14.9. The quantitative estimate of drug-likeness (QED) is 0.377. The molecule has 0 spiro atoms. The molecule has 19 heavy (non-hydrogen) atoms. The monoisotopic (exact) mass is 285 g/mol. The second-order valence-corrected chi connectivity index (χ2v) is 4.39. The van der Waals surface area contributed by atoms with Crippen molar-refractivity contribution in [1.29, 1.82) is 0 Å². The predicted molar refractivity (Wildman–Crippen MR) is 67.3 cm³/mol. The average Bonchev–Trinajstić information content (AvgIpc) is 2.34. The Bertz CT molecular complexity index is 508. The molecule has 8 nitrogen and oxygen atoms in total. The number of aliphatic carboxylic acids is 1. The Balaban J connectivity index is 2.77. The third-order valence-corrected chi connectivity index (χ3v) is 3.04. The Morgan fingerprint density at radius 1 is 1.47 bits per heavy atom. The highest BCUT2D eigenvalue weighted by molar-refractivity contribution is 7.97. The van der Waals surface area contributed by atoms with Crippen LogP contribution in [0.4, 0.5) is 5.69 Å². The number of benzene rings is 1. The van der Waals surface area contributed by atoms with E-state index in [0.29, 0.717) is 0 Å². The molecular weight excluding hydrogens is 274 g/mol. The molecule has 0 fully saturated rings. The van der Waals surface area contributed by atoms with Gasteiger partial charge in [-0.1, -0.05) is 12.1 Å². The molecule has 0 aliphatic rings. The molecule has 0 heterocycles. The van der Waals surface area contributed by atoms with Gasteiger partial charge in [0.1, 0.15) is 10.9 Å². The van der Waals surface area contributed by atoms with Crippen molar-refractivity contribution in [2.24, 2.45) is 5.73 Å². The van der Waals surface area contributed by atoms with E-state index in [-0.39, 0.29) is 10.6 Å². The highest BCUT2D eigenvalue weighted by Gasteiger charge is 2.21. The maximum absolute atomic E-state index is 10.9. The van der Waals surface area contributed by atoms with Crippen molar-refractivity contribution in [3.05, 3.63) is 34.4 Å². The van der Waals surface area contributed by atoms with Crippen molar-refractivity contribution < 1.29 is 19.6 Å². The van der Waals surface area contributed by atoms with Gasteiger partial charge in [0.05, 0.1) is 11.3 Å². The Labute approximate surface area is 112 Å². The number of carboxylic acids is 1. The van der Waals surface area contributed by atoms with Gasteiger partial charge in [0.2, 0.25) is 5.91 Å². The van der Waals surface area contributed by atoms with Gasteiger partial charge in [-0.05, 0) is 18.0 Å². The van der Waals surface area contributed by atoms with E-state index in [1.807, 2.05) is 0 Å². The summed E-state index contributed by atoms with van der Waals surface area (Å²) in [5, 5.41) is 19.6. The lowest BCUT2D eigenvalue weighted by Gasteiger charge is -2.11. The number of nitro groups is 1. The van der Waals surface area contributed by atoms with Crippen LogP contribution >= 0.6 is 11.9 Å². The molecule has 0 aliphatic heterocycles. The van der Waals surface area contributed by atoms with Crippen molar-refractivity contribution in [1.82, 2.24) is 4.72 Å². The molecule has 0 bridgehead atoms. The molecule has 0 saturated carbocycles. The largest absolute Gasteiger partial charge is 0.480 e. The van der Waals surface area contributed by atoms with E-state index in [4.69, 9.17) is 10.8 Å². The van der Waals surface area contributed by atoms with Crippen LogP contribution in [-0.2, 0) is 9.59 Å². The fourth-order valence-electron chi connectivity index (χ4n) is 1.21. The number of amides is 1. The molecule has 0 aliphatic carbocycles. The van der Waals surface area contributed by atoms with Gasteiger partial charge in [-0.3, -0.25) is 19.7 Å². The summed E-state index contributed by atoms with van der Waals surface area (Å²) < 4.78 is 2.47. The minimum atomic E-state index is -1.26. The van der Waals surface area contributed by atoms with Crippen molar-refractivity contribution >= 4 is 29.5 Å². The summed E-state index contributed by atoms with van der Waals surface area (Å²) in [5.41, 5.74) is 4.77. The summed E-state index contributed by atoms with van der Waals surface area (Å²) >= 11 is 0.774. The first-order chi connectivity index (χ1) is 8.91. The van der Waals surface area contributed by atoms with Crippen LogP contribution in [0.3, 0.4) is 0 Å². The number of nitrogens with zero attached hydrogens (tertiary/aromatic N) is 1. The Morgan fingerprint density at radius 2 is 2.11 bits per heavy atom. The summed E-state index contributed by atoms with van der Waals surface area (Å²) in [5.74, 6) is -2.03. The maximum Gasteiger partial charge on any atom is 0.322 e. The van der Waals surface area contributed by atoms with Crippen molar-refractivity contribution in [3.63, 3.8) is 0 Å². The van der Waals surface area contributed by atoms with Crippen LogP contribution in [0.2, 0.25) is 0 Å². The molecule has 1 atom stereocenters. The molecule has 9 heteroatoms. The zero-order valence-electron chi connectivity index (χ0n) is 9.61. The van der Waals surface area contributed by atoms with E-state index in [1.54, 1.807) is 6.07 Å². The van der Waals surface area contributed by atoms with E-state index < -0.39 is 29.3 Å². The number of nitrogens with two attached hydrogens (primary N) is 1. The lowest BCUT2D eigenvalue weighted by atomic mass is 10.2. The smallest absolute Gasteiger partial charge is 0.322 e. The minimum absolute atomic E-state index is 0.150. The molecule has 0 saturated heterocycles. The molecule has 0 unspecified atom stereocenters. The number of nitro benzene ring substituents is 1. The molecule has 0 aromatic heterocycles. The molecule has 0 radical (unpaired) electrons. The van der Waals surface area contributed by atoms with Crippen LogP contribution in [-0.4, -0.2) is 27.9 Å². The van der Waals surface area contributed by atoms with Crippen molar-refractivity contribution in [2.75, 3.05) is 0 Å². The average molecular weight is 285 g/mol. The molecule has 1 amide bonds. The second-order valence-electron chi connectivity index (χ2n) is 3.51. The van der Waals surface area contributed by atoms with Gasteiger partial charge in [0.15, 0.2) is 0 Å². The lowest BCUT2D eigenvalue weighted by Crippen LogP contribution is -2.36. The van der Waals surface area contributed by atoms with Crippen LogP contribution in [0, 0.1) is 10.1 Å². The molecule has 4 N–H and O–H groups in total. The van der Waals surface area contributed by atoms with Crippen LogP contribution in [0.15, 0.2) is 29.2 Å². The number of carbonyl (C=O) groups is 2. The summed E-state index contributed by atoms with van der Waals surface area (Å²) in [6.07, 6.45) is -0.400. The first-order valence-corrected chi connectivity index (χ1v) is 5.90. The van der Waals surface area contributed by atoms with Gasteiger partial charge in [0.25, 0.3) is 5.69 Å². The van der Waals surface area contributed by atoms with Gasteiger partial charge in [-0.15, -0.1) is 0 Å². The fraction of sp³-hybridized carbons (Fsp3) is 0.200. The third-order valence-electron chi connectivity index (χ3n) is 2.08. The number of carbonyl (C=O) groups excluding carboxylic acids is 1. The van der Waals surface area contributed by atoms with E-state index >= 15 is 0 Å². The number of hydrogen-bond acceptors (Lipinski definition) is 6. The standard InChI is InChI=1S/C10H11N3O5S/c11-9(14)5-6(10(15)16)12-19-8-4-2-1-3-7(8)13(17)18/h1-4,6,12H,5H2,(H2,11,14)(H,15,16)/t6-/m1/s1. The van der Waals surface area contributed by atoms with E-state index in [9.17, 15) is 19.7 Å². The lowest BCUT2D eigenvalue weighted by molar-refractivity contribution is -0.387. The molecular formula is C10H11N3O5S. The second kappa shape index (κ2) is 6.71. The number of nitrogens with one attached hydrogen (secondary N) is 1. The summed E-state index contributed by atoms with van der Waals surface area (Å²) in [6.45, 7) is 0. The molecule has 1 aromatic rings. The van der Waals surface area contributed by atoms with Crippen molar-refractivity contribution in [3.8, 4) is 0 Å². The summed E-state index contributed by atoms with van der Waals surface area (Å²) in [6, 6.07) is 4.65. The normalized spacial score (nSPS) is 11.8. The van der Waals surface area contributed by atoms with Crippen molar-refractivity contribution in [2.45, 2.75) is 17.4 Å². The number of primary amides is 1. The summed E-state index contributed by atoms with van der Waals surface area (Å²) in [7, 11) is 0. The number of carboxylic acid groups (broad SMARTS) is 1. The highest BCUT2D eigenvalue weighted by atomic mass is 32.2. The topological polar surface area (TPSA) is 136 Å². The number of para-hydroxylation sites is 1. The zero-order chi connectivity index (χ0) is 14.4. The fourth-order valence-corrected chi connectivity index (χ4v) is 2.06. The zero-order valence-corrected chi connectivity index (χ0v) is 10.4. The minimum Gasteiger partial charge on any atom is -0.480 e. The van der Waals surface area contributed by atoms with Crippen LogP contribution < -0.4 is 10.5 Å². The van der Waals surface area contributed by atoms with Gasteiger partial charge in [0, 0.05) is 6.07 Å². The first-order valence-electron chi connectivity index (χ1n) is 5.08. The van der Waals surface area contributed by atoms with Gasteiger partial charge in [-0.2, -0.15) is 0 Å². The molecule has 1 aromatic carbocycles. The van der Waals surface area contributed by atoms with Crippen LogP contribution in [0.25, 0.3) is 0 Å². The Morgan fingerprint density at radius 3 is 2.63 bits per heavy atom. The molecule has 1 rings (SSSR count). The van der Waals surface area contributed by atoms with Crippen LogP contribution in [0.5, 0.6) is 0 Å². The predicted octanol–water partition coefficient (Wildman–Crippen LogP) is 0.520. The van der Waals surface area contributed by atoms with Gasteiger partial charge < -0.3 is 10.8 Å². The third kappa shape index (κ3) is 4.56. The van der Waals surface area contributed by atoms with Gasteiger partial charge in [-0.25, -0.2) is 4.72 Å². The Kier molecular flexibility index (Phi) is 5.27. The van der Waals surface area contributed by atoms with Crippen LogP contribution in [0.1, 0.15) is 6.42 Å². The number of rotatable bonds is 7. The van der Waals surface area contributed by atoms with E-state index in [0.717, 1.165) is 11.9 Å². The highest BCUT2D eigenvalue weighted by Crippen LogP contribution is 2.26. The summed E-state index contributed by atoms with van der Waals surface area (Å²) in [4.78, 5) is 32.0. The SMILES string of the molecule is NC(=O)C[C@@H](NSc1ccccc1[N+](=O)[O-])C(=O)O. The number of hydrogen-bond donors (Lipinski definition) is 3. The van der Waals surface area contributed by atoms with E-state index in [1.165, 1.54) is 18.2 Å².